The summed E-state index contributed by atoms with van der Waals surface area (Å²) < 4.78 is 6.72. The third kappa shape index (κ3) is 4.72. The highest BCUT2D eigenvalue weighted by atomic mass is 16.5. The molecule has 2 aliphatic heterocycles. The molecule has 3 atom stereocenters. The van der Waals surface area contributed by atoms with Crippen molar-refractivity contribution in [1.29, 1.82) is 0 Å². The molecule has 0 radical (unpaired) electrons. The van der Waals surface area contributed by atoms with Crippen molar-refractivity contribution in [2.75, 3.05) is 29.9 Å². The van der Waals surface area contributed by atoms with Crippen LogP contribution in [0.15, 0.2) is 41.3 Å². The minimum absolute atomic E-state index is 0.167. The summed E-state index contributed by atoms with van der Waals surface area (Å²) in [5.74, 6) is -0.206. The molecule has 4 rings (SSSR count). The van der Waals surface area contributed by atoms with Gasteiger partial charge < -0.3 is 25.2 Å². The van der Waals surface area contributed by atoms with Gasteiger partial charge in [-0.05, 0) is 43.2 Å². The number of hydrogen-bond acceptors (Lipinski definition) is 8. The average molecular weight is 442 g/mol. The molecule has 3 N–H and O–H groups in total. The summed E-state index contributed by atoms with van der Waals surface area (Å²) in [6, 6.07) is 8.87. The number of anilines is 2. The second kappa shape index (κ2) is 9.60. The Kier molecular flexibility index (Phi) is 6.63. The Morgan fingerprint density at radius 3 is 2.53 bits per heavy atom. The maximum atomic E-state index is 12.7. The summed E-state index contributed by atoms with van der Waals surface area (Å²) in [6.45, 7) is 1.08. The number of piperidine rings is 1. The van der Waals surface area contributed by atoms with Gasteiger partial charge in [-0.15, -0.1) is 0 Å². The van der Waals surface area contributed by atoms with E-state index in [2.05, 4.69) is 15.2 Å². The molecule has 170 valence electrons. The molecule has 2 aliphatic rings. The van der Waals surface area contributed by atoms with E-state index in [0.717, 1.165) is 12.0 Å². The number of nitrogens with zero attached hydrogens (tertiary/aromatic N) is 3. The van der Waals surface area contributed by atoms with E-state index in [0.29, 0.717) is 31.5 Å². The molecule has 2 fully saturated rings. The monoisotopic (exact) mass is 442 g/mol. The number of benzene rings is 1. The Morgan fingerprint density at radius 1 is 1.22 bits per heavy atom. The van der Waals surface area contributed by atoms with E-state index in [1.54, 1.807) is 12.1 Å². The molecule has 2 aromatic rings. The molecule has 32 heavy (non-hydrogen) atoms. The lowest BCUT2D eigenvalue weighted by Crippen LogP contribution is -2.38. The van der Waals surface area contributed by atoms with Crippen LogP contribution in [0.4, 0.5) is 11.5 Å². The van der Waals surface area contributed by atoms with Crippen molar-refractivity contribution in [2.24, 2.45) is 5.92 Å². The van der Waals surface area contributed by atoms with Crippen LogP contribution in [0.2, 0.25) is 0 Å². The molecule has 0 saturated carbocycles. The number of amides is 1. The van der Waals surface area contributed by atoms with Gasteiger partial charge in [0.15, 0.2) is 0 Å². The summed E-state index contributed by atoms with van der Waals surface area (Å²) in [6.07, 6.45) is 1.47. The lowest BCUT2D eigenvalue weighted by Gasteiger charge is -2.33. The summed E-state index contributed by atoms with van der Waals surface area (Å²) in [7, 11) is 0. The number of aromatic nitrogens is 2. The normalized spacial score (nSPS) is 23.8. The van der Waals surface area contributed by atoms with Gasteiger partial charge in [-0.3, -0.25) is 14.2 Å². The highest BCUT2D eigenvalue weighted by Crippen LogP contribution is 2.28. The molecule has 0 bridgehead atoms. The molecule has 0 unspecified atom stereocenters. The Morgan fingerprint density at radius 2 is 1.94 bits per heavy atom. The zero-order chi connectivity index (χ0) is 22.7. The molecular formula is C22H26N4O6. The maximum absolute atomic E-state index is 12.7. The van der Waals surface area contributed by atoms with Crippen LogP contribution in [0, 0.1) is 5.92 Å². The van der Waals surface area contributed by atoms with Crippen molar-refractivity contribution in [3.8, 4) is 0 Å². The van der Waals surface area contributed by atoms with Gasteiger partial charge in [-0.1, -0.05) is 0 Å². The molecule has 1 aromatic heterocycles. The first-order valence-electron chi connectivity index (χ1n) is 10.6. The van der Waals surface area contributed by atoms with Gasteiger partial charge in [0.25, 0.3) is 0 Å². The quantitative estimate of drug-likeness (QED) is 0.553. The summed E-state index contributed by atoms with van der Waals surface area (Å²) >= 11 is 0. The second-order valence-corrected chi connectivity index (χ2v) is 8.08. The minimum Gasteiger partial charge on any atom is -0.394 e. The van der Waals surface area contributed by atoms with Crippen molar-refractivity contribution in [3.63, 3.8) is 0 Å². The van der Waals surface area contributed by atoms with Gasteiger partial charge in [-0.25, -0.2) is 4.79 Å². The van der Waals surface area contributed by atoms with Crippen molar-refractivity contribution in [3.05, 3.63) is 52.6 Å². The number of hydrogen-bond donors (Lipinski definition) is 3. The Balaban J connectivity index is 1.33. The Bertz CT molecular complexity index is 1020. The molecule has 1 amide bonds. The van der Waals surface area contributed by atoms with E-state index in [4.69, 9.17) is 4.74 Å². The number of ether oxygens (including phenoxy) is 1. The smallest absolute Gasteiger partial charge is 0.351 e. The van der Waals surface area contributed by atoms with Gasteiger partial charge in [0.2, 0.25) is 5.91 Å². The number of aliphatic hydroxyl groups excluding tert-OH is 2. The van der Waals surface area contributed by atoms with Crippen molar-refractivity contribution in [1.82, 2.24) is 9.55 Å². The van der Waals surface area contributed by atoms with Crippen LogP contribution in [-0.2, 0) is 9.53 Å². The van der Waals surface area contributed by atoms with E-state index in [-0.39, 0.29) is 30.7 Å². The predicted octanol–water partition coefficient (Wildman–Crippen LogP) is 0.552. The maximum Gasteiger partial charge on any atom is 0.351 e. The molecule has 0 spiro atoms. The minimum atomic E-state index is -0.856. The van der Waals surface area contributed by atoms with Crippen molar-refractivity contribution in [2.45, 2.75) is 37.7 Å². The van der Waals surface area contributed by atoms with Crippen molar-refractivity contribution < 1.29 is 24.5 Å². The van der Waals surface area contributed by atoms with Gasteiger partial charge >= 0.3 is 5.69 Å². The number of aldehydes is 1. The van der Waals surface area contributed by atoms with Crippen LogP contribution in [0.3, 0.4) is 0 Å². The molecule has 0 aliphatic carbocycles. The molecule has 10 heteroatoms. The first kappa shape index (κ1) is 22.1. The fourth-order valence-corrected chi connectivity index (χ4v) is 4.14. The molecule has 1 aromatic carbocycles. The van der Waals surface area contributed by atoms with E-state index in [9.17, 15) is 24.6 Å². The first-order valence-corrected chi connectivity index (χ1v) is 10.6. The van der Waals surface area contributed by atoms with E-state index < -0.39 is 24.1 Å². The van der Waals surface area contributed by atoms with Gasteiger partial charge in [0.1, 0.15) is 24.4 Å². The van der Waals surface area contributed by atoms with E-state index >= 15 is 0 Å². The zero-order valence-electron chi connectivity index (χ0n) is 17.5. The molecule has 3 heterocycles. The van der Waals surface area contributed by atoms with Crippen LogP contribution in [0.1, 0.15) is 35.8 Å². The SMILES string of the molecule is O=Cc1ccc(N2CCC(C(=O)Nc3ccn([C@H]4C[C@H](O)[C@@H](CO)O4)c(=O)n3)CC2)cc1. The highest BCUT2D eigenvalue weighted by Gasteiger charge is 2.35. The third-order valence-electron chi connectivity index (χ3n) is 6.04. The van der Waals surface area contributed by atoms with Crippen LogP contribution in [-0.4, -0.2) is 63.9 Å². The first-order chi connectivity index (χ1) is 15.5. The van der Waals surface area contributed by atoms with E-state index in [1.165, 1.54) is 16.8 Å². The fraction of sp³-hybridized carbons (Fsp3) is 0.455. The number of rotatable bonds is 6. The topological polar surface area (TPSA) is 134 Å². The average Bonchev–Trinajstić information content (AvgIpc) is 3.19. The lowest BCUT2D eigenvalue weighted by atomic mass is 9.95. The van der Waals surface area contributed by atoms with Crippen LogP contribution in [0.5, 0.6) is 0 Å². The second-order valence-electron chi connectivity index (χ2n) is 8.08. The number of carbonyl (C=O) groups is 2. The number of carbonyl (C=O) groups excluding carboxylic acids is 2. The van der Waals surface area contributed by atoms with E-state index in [1.807, 2.05) is 12.1 Å². The van der Waals surface area contributed by atoms with Crippen LogP contribution >= 0.6 is 0 Å². The fourth-order valence-electron chi connectivity index (χ4n) is 4.14. The van der Waals surface area contributed by atoms with Crippen LogP contribution in [0.25, 0.3) is 0 Å². The summed E-state index contributed by atoms with van der Waals surface area (Å²) in [5, 5.41) is 21.8. The largest absolute Gasteiger partial charge is 0.394 e. The third-order valence-corrected chi connectivity index (χ3v) is 6.04. The highest BCUT2D eigenvalue weighted by molar-refractivity contribution is 5.91. The van der Waals surface area contributed by atoms with Crippen LogP contribution < -0.4 is 15.9 Å². The number of nitrogens with one attached hydrogen (secondary N) is 1. The van der Waals surface area contributed by atoms with Crippen molar-refractivity contribution >= 4 is 23.7 Å². The Labute approximate surface area is 184 Å². The summed E-state index contributed by atoms with van der Waals surface area (Å²) in [5.41, 5.74) is 1.04. The van der Waals surface area contributed by atoms with Gasteiger partial charge in [0, 0.05) is 42.9 Å². The summed E-state index contributed by atoms with van der Waals surface area (Å²) in [4.78, 5) is 41.9. The molecule has 2 saturated heterocycles. The standard InChI is InChI=1S/C22H26N4O6/c27-12-14-1-3-16(4-2-14)25-8-5-15(6-9-25)21(30)23-19-7-10-26(22(31)24-19)20-11-17(29)18(13-28)32-20/h1-4,7,10,12,15,17-18,20,28-29H,5-6,8-9,11,13H2,(H,23,24,30,31)/t17-,18+,20+/m0/s1. The molecular weight excluding hydrogens is 416 g/mol. The number of aliphatic hydroxyl groups is 2. The van der Waals surface area contributed by atoms with Gasteiger partial charge in [-0.2, -0.15) is 4.98 Å². The van der Waals surface area contributed by atoms with Gasteiger partial charge in [0.05, 0.1) is 12.7 Å². The molecule has 10 nitrogen and oxygen atoms in total. The zero-order valence-corrected chi connectivity index (χ0v) is 17.5. The lowest BCUT2D eigenvalue weighted by molar-refractivity contribution is -0.120. The predicted molar refractivity (Wildman–Crippen MR) is 116 cm³/mol. The Hall–Kier alpha value is -3.08.